The molecule has 0 saturated carbocycles. The van der Waals surface area contributed by atoms with Gasteiger partial charge in [0.2, 0.25) is 5.88 Å². The summed E-state index contributed by atoms with van der Waals surface area (Å²) in [5, 5.41) is 3.68. The standard InChI is InChI=1S/C23H27N5O2S/c1-24-22(29)16-5-8-21(25-14-16)30-18-6-7-19-20(13-18)31-23(26-19)28-12-9-17(15-28)27-10-3-2-4-11-27/h5-8,13-14,17H,2-4,9-12,15H2,1H3,(H,24,29). The summed E-state index contributed by atoms with van der Waals surface area (Å²) in [5.41, 5.74) is 1.50. The molecule has 8 heteroatoms. The summed E-state index contributed by atoms with van der Waals surface area (Å²) in [6, 6.07) is 10.0. The van der Waals surface area contributed by atoms with E-state index >= 15 is 0 Å². The number of nitrogens with zero attached hydrogens (tertiary/aromatic N) is 4. The molecule has 1 N–H and O–H groups in total. The van der Waals surface area contributed by atoms with Gasteiger partial charge < -0.3 is 15.0 Å². The molecule has 2 aliphatic rings. The first-order valence-electron chi connectivity index (χ1n) is 11.0. The van der Waals surface area contributed by atoms with Gasteiger partial charge in [-0.2, -0.15) is 0 Å². The van der Waals surface area contributed by atoms with Crippen LogP contribution in [0.3, 0.4) is 0 Å². The number of fused-ring (bicyclic) bond motifs is 1. The number of hydrogen-bond acceptors (Lipinski definition) is 7. The number of piperidine rings is 1. The second kappa shape index (κ2) is 8.80. The van der Waals surface area contributed by atoms with Crippen LogP contribution in [0.15, 0.2) is 36.5 Å². The summed E-state index contributed by atoms with van der Waals surface area (Å²) in [6.07, 6.45) is 6.79. The minimum absolute atomic E-state index is 0.165. The molecule has 7 nitrogen and oxygen atoms in total. The number of aromatic nitrogens is 2. The van der Waals surface area contributed by atoms with Crippen LogP contribution in [-0.4, -0.2) is 60.0 Å². The third-order valence-electron chi connectivity index (χ3n) is 6.14. The Hall–Kier alpha value is -2.71. The number of likely N-dealkylation sites (tertiary alicyclic amines) is 1. The average Bonchev–Trinajstić information content (AvgIpc) is 3.47. The minimum Gasteiger partial charge on any atom is -0.439 e. The molecule has 2 aromatic heterocycles. The number of ether oxygens (including phenoxy) is 1. The molecule has 1 unspecified atom stereocenters. The van der Waals surface area contributed by atoms with E-state index in [-0.39, 0.29) is 5.91 Å². The number of carbonyl (C=O) groups excluding carboxylic acids is 1. The van der Waals surface area contributed by atoms with Gasteiger partial charge in [0.05, 0.1) is 15.8 Å². The summed E-state index contributed by atoms with van der Waals surface area (Å²) in [4.78, 5) is 25.9. The van der Waals surface area contributed by atoms with Crippen LogP contribution in [0.5, 0.6) is 11.6 Å². The van der Waals surface area contributed by atoms with E-state index in [2.05, 4.69) is 20.1 Å². The smallest absolute Gasteiger partial charge is 0.252 e. The van der Waals surface area contributed by atoms with Gasteiger partial charge in [-0.05, 0) is 50.6 Å². The quantitative estimate of drug-likeness (QED) is 0.653. The molecule has 0 spiro atoms. The molecule has 0 bridgehead atoms. The number of rotatable bonds is 5. The van der Waals surface area contributed by atoms with E-state index in [1.54, 1.807) is 30.5 Å². The van der Waals surface area contributed by atoms with Crippen molar-refractivity contribution in [2.45, 2.75) is 31.7 Å². The maximum absolute atomic E-state index is 11.6. The first kappa shape index (κ1) is 20.2. The van der Waals surface area contributed by atoms with Crippen LogP contribution in [0, 0.1) is 0 Å². The minimum atomic E-state index is -0.165. The molecular weight excluding hydrogens is 410 g/mol. The van der Waals surface area contributed by atoms with E-state index < -0.39 is 0 Å². The van der Waals surface area contributed by atoms with Crippen LogP contribution in [0.2, 0.25) is 0 Å². The van der Waals surface area contributed by atoms with Gasteiger partial charge in [-0.1, -0.05) is 17.8 Å². The zero-order valence-corrected chi connectivity index (χ0v) is 18.5. The van der Waals surface area contributed by atoms with Crippen molar-refractivity contribution in [3.05, 3.63) is 42.1 Å². The monoisotopic (exact) mass is 437 g/mol. The predicted molar refractivity (Wildman–Crippen MR) is 123 cm³/mol. The molecule has 162 valence electrons. The van der Waals surface area contributed by atoms with E-state index in [1.807, 2.05) is 18.2 Å². The SMILES string of the molecule is CNC(=O)c1ccc(Oc2ccc3nc(N4CCC(N5CCCCC5)C4)sc3c2)nc1. The lowest BCUT2D eigenvalue weighted by Gasteiger charge is -2.32. The van der Waals surface area contributed by atoms with Crippen LogP contribution in [0.4, 0.5) is 5.13 Å². The van der Waals surface area contributed by atoms with Gasteiger partial charge in [0.1, 0.15) is 5.75 Å². The lowest BCUT2D eigenvalue weighted by molar-refractivity contribution is 0.0962. The summed E-state index contributed by atoms with van der Waals surface area (Å²) in [7, 11) is 1.60. The molecular formula is C23H27N5O2S. The van der Waals surface area contributed by atoms with Crippen LogP contribution < -0.4 is 15.0 Å². The number of benzene rings is 1. The van der Waals surface area contributed by atoms with Gasteiger partial charge >= 0.3 is 0 Å². The lowest BCUT2D eigenvalue weighted by atomic mass is 10.1. The molecule has 31 heavy (non-hydrogen) atoms. The van der Waals surface area contributed by atoms with Crippen molar-refractivity contribution >= 4 is 32.6 Å². The van der Waals surface area contributed by atoms with E-state index in [0.29, 0.717) is 17.5 Å². The largest absolute Gasteiger partial charge is 0.439 e. The molecule has 2 saturated heterocycles. The van der Waals surface area contributed by atoms with E-state index in [4.69, 9.17) is 9.72 Å². The predicted octanol–water partition coefficient (Wildman–Crippen LogP) is 3.91. The van der Waals surface area contributed by atoms with Crippen molar-refractivity contribution in [3.8, 4) is 11.6 Å². The molecule has 1 aromatic carbocycles. The number of amides is 1. The zero-order valence-electron chi connectivity index (χ0n) is 17.7. The number of hydrogen-bond donors (Lipinski definition) is 1. The lowest BCUT2D eigenvalue weighted by Crippen LogP contribution is -2.40. The first-order chi connectivity index (χ1) is 15.2. The van der Waals surface area contributed by atoms with Gasteiger partial charge in [0.15, 0.2) is 5.13 Å². The van der Waals surface area contributed by atoms with Crippen LogP contribution in [0.25, 0.3) is 10.2 Å². The molecule has 1 atom stereocenters. The highest BCUT2D eigenvalue weighted by atomic mass is 32.1. The summed E-state index contributed by atoms with van der Waals surface area (Å²) in [6.45, 7) is 4.64. The van der Waals surface area contributed by atoms with Gasteiger partial charge in [-0.25, -0.2) is 9.97 Å². The molecule has 5 rings (SSSR count). The van der Waals surface area contributed by atoms with Crippen LogP contribution in [0.1, 0.15) is 36.0 Å². The second-order valence-corrected chi connectivity index (χ2v) is 9.19. The molecule has 2 fully saturated rings. The number of thiazole rings is 1. The highest BCUT2D eigenvalue weighted by molar-refractivity contribution is 7.22. The Balaban J connectivity index is 1.27. The number of pyridine rings is 1. The third kappa shape index (κ3) is 4.36. The molecule has 1 amide bonds. The normalized spacial score (nSPS) is 19.6. The Labute approximate surface area is 186 Å². The van der Waals surface area contributed by atoms with Gasteiger partial charge in [-0.3, -0.25) is 9.69 Å². The summed E-state index contributed by atoms with van der Waals surface area (Å²) < 4.78 is 7.01. The van der Waals surface area contributed by atoms with Gasteiger partial charge in [0.25, 0.3) is 5.91 Å². The Morgan fingerprint density at radius 2 is 2.03 bits per heavy atom. The third-order valence-corrected chi connectivity index (χ3v) is 7.22. The fourth-order valence-electron chi connectivity index (χ4n) is 4.43. The van der Waals surface area contributed by atoms with Gasteiger partial charge in [-0.15, -0.1) is 0 Å². The van der Waals surface area contributed by atoms with Crippen molar-refractivity contribution in [1.29, 1.82) is 0 Å². The molecule has 2 aliphatic heterocycles. The van der Waals surface area contributed by atoms with E-state index in [9.17, 15) is 4.79 Å². The fraction of sp³-hybridized carbons (Fsp3) is 0.435. The van der Waals surface area contributed by atoms with Crippen molar-refractivity contribution in [2.75, 3.05) is 38.1 Å². The van der Waals surface area contributed by atoms with Crippen molar-refractivity contribution in [3.63, 3.8) is 0 Å². The second-order valence-electron chi connectivity index (χ2n) is 8.18. The maximum atomic E-state index is 11.6. The topological polar surface area (TPSA) is 70.6 Å². The van der Waals surface area contributed by atoms with Crippen LogP contribution in [-0.2, 0) is 0 Å². The maximum Gasteiger partial charge on any atom is 0.252 e. The first-order valence-corrected chi connectivity index (χ1v) is 11.8. The van der Waals surface area contributed by atoms with Crippen molar-refractivity contribution in [2.24, 2.45) is 0 Å². The number of carbonyl (C=O) groups is 1. The Bertz CT molecular complexity index is 1060. The summed E-state index contributed by atoms with van der Waals surface area (Å²) in [5.74, 6) is 1.01. The van der Waals surface area contributed by atoms with Crippen molar-refractivity contribution in [1.82, 2.24) is 20.2 Å². The Kier molecular flexibility index (Phi) is 5.74. The van der Waals surface area contributed by atoms with E-state index in [1.165, 1.54) is 45.0 Å². The number of anilines is 1. The molecule has 4 heterocycles. The van der Waals surface area contributed by atoms with Crippen LogP contribution >= 0.6 is 11.3 Å². The highest BCUT2D eigenvalue weighted by Gasteiger charge is 2.30. The zero-order chi connectivity index (χ0) is 21.2. The fourth-order valence-corrected chi connectivity index (χ4v) is 5.46. The molecule has 0 aliphatic carbocycles. The Morgan fingerprint density at radius 1 is 1.16 bits per heavy atom. The van der Waals surface area contributed by atoms with Crippen molar-refractivity contribution < 1.29 is 9.53 Å². The Morgan fingerprint density at radius 3 is 2.81 bits per heavy atom. The average molecular weight is 438 g/mol. The van der Waals surface area contributed by atoms with E-state index in [0.717, 1.165) is 34.2 Å². The molecule has 3 aromatic rings. The summed E-state index contributed by atoms with van der Waals surface area (Å²) >= 11 is 1.72. The highest BCUT2D eigenvalue weighted by Crippen LogP contribution is 2.34. The molecule has 0 radical (unpaired) electrons. The number of nitrogens with one attached hydrogen (secondary N) is 1. The van der Waals surface area contributed by atoms with Gasteiger partial charge in [0, 0.05) is 44.5 Å².